The number of ether oxygens (including phenoxy) is 2. The summed E-state index contributed by atoms with van der Waals surface area (Å²) in [6.07, 6.45) is 2.39. The molecule has 5 nitrogen and oxygen atoms in total. The fraction of sp³-hybridized carbons (Fsp3) is 0.583. The summed E-state index contributed by atoms with van der Waals surface area (Å²) >= 11 is 0. The lowest BCUT2D eigenvalue weighted by molar-refractivity contribution is -0.141. The van der Waals surface area contributed by atoms with Gasteiger partial charge in [-0.2, -0.15) is 0 Å². The molecule has 0 heterocycles. The minimum Gasteiger partial charge on any atom is -0.469 e. The highest BCUT2D eigenvalue weighted by Gasteiger charge is 2.06. The molecule has 0 saturated heterocycles. The maximum absolute atomic E-state index is 11.4. The Balaban J connectivity index is 3.98. The van der Waals surface area contributed by atoms with Crippen molar-refractivity contribution < 1.29 is 23.9 Å². The highest BCUT2D eigenvalue weighted by atomic mass is 16.5. The summed E-state index contributed by atoms with van der Waals surface area (Å²) in [5, 5.41) is 0. The molecular formula is C12H18O5. The van der Waals surface area contributed by atoms with Gasteiger partial charge >= 0.3 is 11.9 Å². The van der Waals surface area contributed by atoms with E-state index >= 15 is 0 Å². The van der Waals surface area contributed by atoms with Gasteiger partial charge in [-0.05, 0) is 19.4 Å². The molecule has 0 aliphatic heterocycles. The van der Waals surface area contributed by atoms with E-state index in [1.807, 2.05) is 0 Å². The van der Waals surface area contributed by atoms with Crippen LogP contribution in [0.2, 0.25) is 0 Å². The van der Waals surface area contributed by atoms with E-state index in [0.29, 0.717) is 6.42 Å². The fourth-order valence-electron chi connectivity index (χ4n) is 1.15. The Morgan fingerprint density at radius 3 is 1.82 bits per heavy atom. The van der Waals surface area contributed by atoms with E-state index < -0.39 is 5.97 Å². The largest absolute Gasteiger partial charge is 0.469 e. The van der Waals surface area contributed by atoms with Crippen LogP contribution < -0.4 is 0 Å². The van der Waals surface area contributed by atoms with Crippen molar-refractivity contribution in [2.45, 2.75) is 32.6 Å². The van der Waals surface area contributed by atoms with Crippen LogP contribution in [0, 0.1) is 0 Å². The zero-order chi connectivity index (χ0) is 13.3. The molecule has 0 bridgehead atoms. The molecule has 0 fully saturated rings. The Labute approximate surface area is 101 Å². The predicted octanol–water partition coefficient (Wildman–Crippen LogP) is 1.41. The van der Waals surface area contributed by atoms with Crippen LogP contribution in [0.4, 0.5) is 0 Å². The summed E-state index contributed by atoms with van der Waals surface area (Å²) in [6.45, 7) is 1.76. The number of allylic oxidation sites excluding steroid dienone is 2. The number of methoxy groups -OCH3 is 2. The smallest absolute Gasteiger partial charge is 0.305 e. The van der Waals surface area contributed by atoms with Crippen LogP contribution in [0.3, 0.4) is 0 Å². The topological polar surface area (TPSA) is 69.7 Å². The van der Waals surface area contributed by atoms with Gasteiger partial charge < -0.3 is 9.47 Å². The quantitative estimate of drug-likeness (QED) is 0.498. The van der Waals surface area contributed by atoms with Crippen LogP contribution in [0.25, 0.3) is 0 Å². The average Bonchev–Trinajstić information content (AvgIpc) is 2.32. The second kappa shape index (κ2) is 8.50. The Morgan fingerprint density at radius 1 is 0.882 bits per heavy atom. The van der Waals surface area contributed by atoms with E-state index in [9.17, 15) is 14.4 Å². The van der Waals surface area contributed by atoms with Crippen LogP contribution in [0.1, 0.15) is 32.6 Å². The van der Waals surface area contributed by atoms with Crippen molar-refractivity contribution in [1.82, 2.24) is 0 Å². The van der Waals surface area contributed by atoms with Gasteiger partial charge in [0.15, 0.2) is 5.78 Å². The van der Waals surface area contributed by atoms with Gasteiger partial charge in [0, 0.05) is 12.8 Å². The predicted molar refractivity (Wildman–Crippen MR) is 61.3 cm³/mol. The summed E-state index contributed by atoms with van der Waals surface area (Å²) in [4.78, 5) is 33.0. The normalized spacial score (nSPS) is 10.9. The number of hydrogen-bond donors (Lipinski definition) is 0. The summed E-state index contributed by atoms with van der Waals surface area (Å²) in [7, 11) is 2.60. The SMILES string of the molecule is COC(=O)CCC(=O)C=C(C)CCC(=O)OC. The van der Waals surface area contributed by atoms with Crippen molar-refractivity contribution >= 4 is 17.7 Å². The molecule has 0 spiro atoms. The van der Waals surface area contributed by atoms with Gasteiger partial charge in [-0.15, -0.1) is 0 Å². The molecule has 0 aromatic rings. The van der Waals surface area contributed by atoms with E-state index in [1.54, 1.807) is 6.92 Å². The van der Waals surface area contributed by atoms with E-state index in [0.717, 1.165) is 5.57 Å². The Bertz CT molecular complexity index is 317. The molecule has 0 unspecified atom stereocenters. The molecule has 0 amide bonds. The lowest BCUT2D eigenvalue weighted by Crippen LogP contribution is -2.04. The number of esters is 2. The van der Waals surface area contributed by atoms with Crippen molar-refractivity contribution in [1.29, 1.82) is 0 Å². The van der Waals surface area contributed by atoms with Crippen molar-refractivity contribution in [3.63, 3.8) is 0 Å². The first kappa shape index (κ1) is 15.3. The summed E-state index contributed by atoms with van der Waals surface area (Å²) < 4.78 is 8.91. The number of carbonyl (C=O) groups excluding carboxylic acids is 3. The van der Waals surface area contributed by atoms with Gasteiger partial charge in [-0.1, -0.05) is 5.57 Å². The van der Waals surface area contributed by atoms with Gasteiger partial charge in [0.2, 0.25) is 0 Å². The van der Waals surface area contributed by atoms with Crippen molar-refractivity contribution in [2.75, 3.05) is 14.2 Å². The number of hydrogen-bond acceptors (Lipinski definition) is 5. The van der Waals surface area contributed by atoms with Crippen molar-refractivity contribution in [3.05, 3.63) is 11.6 Å². The molecule has 0 radical (unpaired) electrons. The van der Waals surface area contributed by atoms with Crippen molar-refractivity contribution in [2.24, 2.45) is 0 Å². The molecule has 0 N–H and O–H groups in total. The van der Waals surface area contributed by atoms with Gasteiger partial charge in [-0.3, -0.25) is 14.4 Å². The molecule has 0 saturated carbocycles. The summed E-state index contributed by atoms with van der Waals surface area (Å²) in [5.74, 6) is -0.850. The molecule has 0 aliphatic carbocycles. The number of ketones is 1. The van der Waals surface area contributed by atoms with Crippen LogP contribution in [0.5, 0.6) is 0 Å². The third-order valence-electron chi connectivity index (χ3n) is 2.16. The summed E-state index contributed by atoms with van der Waals surface area (Å²) in [6, 6.07) is 0. The van der Waals surface area contributed by atoms with Crippen LogP contribution >= 0.6 is 0 Å². The Kier molecular flexibility index (Phi) is 7.67. The van der Waals surface area contributed by atoms with E-state index in [1.165, 1.54) is 20.3 Å². The number of rotatable bonds is 7. The zero-order valence-electron chi connectivity index (χ0n) is 10.4. The van der Waals surface area contributed by atoms with Crippen molar-refractivity contribution in [3.8, 4) is 0 Å². The molecule has 0 aliphatic rings. The molecular weight excluding hydrogens is 224 g/mol. The van der Waals surface area contributed by atoms with E-state index in [4.69, 9.17) is 0 Å². The second-order valence-electron chi connectivity index (χ2n) is 3.61. The first-order chi connectivity index (χ1) is 7.99. The lowest BCUT2D eigenvalue weighted by Gasteiger charge is -2.00. The first-order valence-corrected chi connectivity index (χ1v) is 5.33. The highest BCUT2D eigenvalue weighted by molar-refractivity contribution is 5.92. The van der Waals surface area contributed by atoms with Crippen LogP contribution in [0.15, 0.2) is 11.6 Å². The molecule has 5 heteroatoms. The fourth-order valence-corrected chi connectivity index (χ4v) is 1.15. The van der Waals surface area contributed by atoms with E-state index in [2.05, 4.69) is 9.47 Å². The van der Waals surface area contributed by atoms with Crippen LogP contribution in [-0.4, -0.2) is 31.9 Å². The average molecular weight is 242 g/mol. The molecule has 96 valence electrons. The minimum atomic E-state index is -0.404. The minimum absolute atomic E-state index is 0.0795. The third kappa shape index (κ3) is 8.19. The zero-order valence-corrected chi connectivity index (χ0v) is 10.4. The van der Waals surface area contributed by atoms with Gasteiger partial charge in [0.25, 0.3) is 0 Å². The molecule has 17 heavy (non-hydrogen) atoms. The Hall–Kier alpha value is -1.65. The first-order valence-electron chi connectivity index (χ1n) is 5.33. The Morgan fingerprint density at radius 2 is 1.35 bits per heavy atom. The molecule has 0 aromatic heterocycles. The summed E-state index contributed by atoms with van der Waals surface area (Å²) in [5.41, 5.74) is 0.797. The standard InChI is InChI=1S/C12H18O5/c1-9(4-6-11(14)16-2)8-10(13)5-7-12(15)17-3/h8H,4-7H2,1-3H3. The maximum Gasteiger partial charge on any atom is 0.305 e. The van der Waals surface area contributed by atoms with Crippen LogP contribution in [-0.2, 0) is 23.9 Å². The number of carbonyl (C=O) groups is 3. The van der Waals surface area contributed by atoms with E-state index in [-0.39, 0.29) is 31.0 Å². The molecule has 0 rings (SSSR count). The van der Waals surface area contributed by atoms with Gasteiger partial charge in [0.05, 0.1) is 20.6 Å². The monoisotopic (exact) mass is 242 g/mol. The second-order valence-corrected chi connectivity index (χ2v) is 3.61. The molecule has 0 atom stereocenters. The third-order valence-corrected chi connectivity index (χ3v) is 2.16. The maximum atomic E-state index is 11.4. The highest BCUT2D eigenvalue weighted by Crippen LogP contribution is 2.06. The lowest BCUT2D eigenvalue weighted by atomic mass is 10.1. The molecule has 0 aromatic carbocycles. The van der Waals surface area contributed by atoms with Gasteiger partial charge in [0.1, 0.15) is 0 Å². The van der Waals surface area contributed by atoms with Gasteiger partial charge in [-0.25, -0.2) is 0 Å².